The van der Waals surface area contributed by atoms with Crippen molar-refractivity contribution in [2.75, 3.05) is 6.54 Å². The summed E-state index contributed by atoms with van der Waals surface area (Å²) in [4.78, 5) is 0. The number of rotatable bonds is 7. The van der Waals surface area contributed by atoms with Gasteiger partial charge in [-0.15, -0.1) is 0 Å². The van der Waals surface area contributed by atoms with Gasteiger partial charge in [-0.1, -0.05) is 13.0 Å². The summed E-state index contributed by atoms with van der Waals surface area (Å²) < 4.78 is 24.8. The Hall–Kier alpha value is -1.81. The second-order valence-corrected chi connectivity index (χ2v) is 5.17. The van der Waals surface area contributed by atoms with Gasteiger partial charge >= 0.3 is 0 Å². The zero-order chi connectivity index (χ0) is 15.2. The van der Waals surface area contributed by atoms with Gasteiger partial charge in [0.25, 0.3) is 0 Å². The van der Waals surface area contributed by atoms with Gasteiger partial charge in [0.2, 0.25) is 0 Å². The third-order valence-electron chi connectivity index (χ3n) is 3.34. The van der Waals surface area contributed by atoms with E-state index < -0.39 is 0 Å². The van der Waals surface area contributed by atoms with Crippen molar-refractivity contribution in [2.24, 2.45) is 0 Å². The van der Waals surface area contributed by atoms with E-state index in [9.17, 15) is 4.39 Å². The van der Waals surface area contributed by atoms with E-state index in [1.165, 1.54) is 6.07 Å². The zero-order valence-corrected chi connectivity index (χ0v) is 12.8. The average molecular weight is 291 g/mol. The van der Waals surface area contributed by atoms with Gasteiger partial charge in [-0.2, -0.15) is 0 Å². The van der Waals surface area contributed by atoms with E-state index in [1.54, 1.807) is 19.1 Å². The van der Waals surface area contributed by atoms with Crippen LogP contribution in [0.2, 0.25) is 0 Å². The lowest BCUT2D eigenvalue weighted by molar-refractivity contribution is 0.301. The standard InChI is InChI=1S/C17H22FNO2/c1-4-7-19-10-16-8-14(13(3)21-16)11-20-15-6-5-12(2)17(18)9-15/h5-6,8-9,19H,4,7,10-11H2,1-3H3. The number of aryl methyl sites for hydroxylation is 2. The second-order valence-electron chi connectivity index (χ2n) is 5.17. The van der Waals surface area contributed by atoms with Gasteiger partial charge in [0.1, 0.15) is 29.7 Å². The minimum atomic E-state index is -0.249. The highest BCUT2D eigenvalue weighted by atomic mass is 19.1. The molecule has 0 aliphatic rings. The summed E-state index contributed by atoms with van der Waals surface area (Å²) in [5, 5.41) is 3.30. The van der Waals surface area contributed by atoms with Gasteiger partial charge in [0.15, 0.2) is 0 Å². The van der Waals surface area contributed by atoms with Crippen LogP contribution in [0.4, 0.5) is 4.39 Å². The van der Waals surface area contributed by atoms with Crippen LogP contribution < -0.4 is 10.1 Å². The maximum atomic E-state index is 13.5. The van der Waals surface area contributed by atoms with E-state index in [2.05, 4.69) is 12.2 Å². The van der Waals surface area contributed by atoms with Crippen molar-refractivity contribution < 1.29 is 13.5 Å². The SMILES string of the molecule is CCCNCc1cc(COc2ccc(C)c(F)c2)c(C)o1. The molecule has 21 heavy (non-hydrogen) atoms. The fraction of sp³-hybridized carbons (Fsp3) is 0.412. The molecule has 114 valence electrons. The van der Waals surface area contributed by atoms with Crippen LogP contribution in [-0.2, 0) is 13.2 Å². The van der Waals surface area contributed by atoms with Crippen LogP contribution in [0, 0.1) is 19.7 Å². The maximum absolute atomic E-state index is 13.5. The molecule has 0 spiro atoms. The van der Waals surface area contributed by atoms with Gasteiger partial charge in [-0.25, -0.2) is 4.39 Å². The number of hydrogen-bond acceptors (Lipinski definition) is 3. The number of hydrogen-bond donors (Lipinski definition) is 1. The summed E-state index contributed by atoms with van der Waals surface area (Å²) in [6, 6.07) is 6.89. The molecule has 0 bridgehead atoms. The highest BCUT2D eigenvalue weighted by Gasteiger charge is 2.08. The molecule has 0 saturated heterocycles. The summed E-state index contributed by atoms with van der Waals surface area (Å²) in [5.74, 6) is 2.02. The Morgan fingerprint density at radius 3 is 2.76 bits per heavy atom. The molecule has 0 amide bonds. The summed E-state index contributed by atoms with van der Waals surface area (Å²) in [7, 11) is 0. The lowest BCUT2D eigenvalue weighted by atomic mass is 10.2. The molecule has 1 aromatic carbocycles. The van der Waals surface area contributed by atoms with Crippen LogP contribution in [0.1, 0.15) is 36.0 Å². The smallest absolute Gasteiger partial charge is 0.129 e. The predicted molar refractivity (Wildman–Crippen MR) is 80.9 cm³/mol. The third-order valence-corrected chi connectivity index (χ3v) is 3.34. The van der Waals surface area contributed by atoms with E-state index >= 15 is 0 Å². The summed E-state index contributed by atoms with van der Waals surface area (Å²) >= 11 is 0. The highest BCUT2D eigenvalue weighted by molar-refractivity contribution is 5.29. The Kier molecular flexibility index (Phi) is 5.39. The minimum absolute atomic E-state index is 0.249. The van der Waals surface area contributed by atoms with Crippen molar-refractivity contribution in [1.82, 2.24) is 5.32 Å². The number of benzene rings is 1. The van der Waals surface area contributed by atoms with E-state index in [0.29, 0.717) is 24.5 Å². The number of ether oxygens (including phenoxy) is 1. The molecule has 2 aromatic rings. The molecule has 4 heteroatoms. The largest absolute Gasteiger partial charge is 0.489 e. The first-order valence-electron chi connectivity index (χ1n) is 7.28. The topological polar surface area (TPSA) is 34.4 Å². The molecular weight excluding hydrogens is 269 g/mol. The molecule has 1 heterocycles. The lowest BCUT2D eigenvalue weighted by Crippen LogP contribution is -2.13. The van der Waals surface area contributed by atoms with E-state index in [1.807, 2.05) is 13.0 Å². The maximum Gasteiger partial charge on any atom is 0.129 e. The van der Waals surface area contributed by atoms with Crippen molar-refractivity contribution in [2.45, 2.75) is 40.3 Å². The Morgan fingerprint density at radius 2 is 2.05 bits per heavy atom. The van der Waals surface area contributed by atoms with Gasteiger partial charge in [0, 0.05) is 11.6 Å². The highest BCUT2D eigenvalue weighted by Crippen LogP contribution is 2.20. The van der Waals surface area contributed by atoms with Crippen molar-refractivity contribution in [3.8, 4) is 5.75 Å². The van der Waals surface area contributed by atoms with Gasteiger partial charge in [-0.05, 0) is 44.5 Å². The Labute approximate surface area is 125 Å². The molecular formula is C17H22FNO2. The zero-order valence-electron chi connectivity index (χ0n) is 12.8. The number of furan rings is 1. The summed E-state index contributed by atoms with van der Waals surface area (Å²) in [5.41, 5.74) is 1.61. The Balaban J connectivity index is 1.94. The second kappa shape index (κ2) is 7.27. The summed E-state index contributed by atoms with van der Waals surface area (Å²) in [6.07, 6.45) is 1.09. The average Bonchev–Trinajstić information content (AvgIpc) is 2.81. The van der Waals surface area contributed by atoms with Gasteiger partial charge in [-0.3, -0.25) is 0 Å². The van der Waals surface area contributed by atoms with Gasteiger partial charge < -0.3 is 14.5 Å². The molecule has 0 aliphatic carbocycles. The lowest BCUT2D eigenvalue weighted by Gasteiger charge is -2.06. The quantitative estimate of drug-likeness (QED) is 0.779. The molecule has 3 nitrogen and oxygen atoms in total. The molecule has 0 aliphatic heterocycles. The first-order chi connectivity index (χ1) is 10.1. The molecule has 1 N–H and O–H groups in total. The van der Waals surface area contributed by atoms with Crippen LogP contribution >= 0.6 is 0 Å². The fourth-order valence-electron chi connectivity index (χ4n) is 2.03. The van der Waals surface area contributed by atoms with Gasteiger partial charge in [0.05, 0.1) is 6.54 Å². The molecule has 0 saturated carbocycles. The molecule has 0 radical (unpaired) electrons. The molecule has 1 aromatic heterocycles. The Bertz CT molecular complexity index is 592. The molecule has 2 rings (SSSR count). The molecule has 0 atom stereocenters. The monoisotopic (exact) mass is 291 g/mol. The normalized spacial score (nSPS) is 10.9. The van der Waals surface area contributed by atoms with Crippen molar-refractivity contribution in [1.29, 1.82) is 0 Å². The fourth-order valence-corrected chi connectivity index (χ4v) is 2.03. The first kappa shape index (κ1) is 15.6. The first-order valence-corrected chi connectivity index (χ1v) is 7.28. The van der Waals surface area contributed by atoms with Crippen molar-refractivity contribution >= 4 is 0 Å². The van der Waals surface area contributed by atoms with Crippen molar-refractivity contribution in [3.63, 3.8) is 0 Å². The molecule has 0 fully saturated rings. The van der Waals surface area contributed by atoms with E-state index in [0.717, 1.165) is 30.0 Å². The van der Waals surface area contributed by atoms with Crippen LogP contribution in [0.5, 0.6) is 5.75 Å². The van der Waals surface area contributed by atoms with Crippen LogP contribution in [0.3, 0.4) is 0 Å². The van der Waals surface area contributed by atoms with Crippen LogP contribution in [-0.4, -0.2) is 6.54 Å². The summed E-state index contributed by atoms with van der Waals surface area (Å²) in [6.45, 7) is 7.83. The van der Waals surface area contributed by atoms with Crippen LogP contribution in [0.25, 0.3) is 0 Å². The Morgan fingerprint density at radius 1 is 1.24 bits per heavy atom. The van der Waals surface area contributed by atoms with Crippen LogP contribution in [0.15, 0.2) is 28.7 Å². The predicted octanol–water partition coefficient (Wildman–Crippen LogP) is 4.11. The third kappa shape index (κ3) is 4.33. The van der Waals surface area contributed by atoms with E-state index in [-0.39, 0.29) is 5.82 Å². The molecule has 0 unspecified atom stereocenters. The number of nitrogens with one attached hydrogen (secondary N) is 1. The van der Waals surface area contributed by atoms with E-state index in [4.69, 9.17) is 9.15 Å². The number of halogens is 1. The van der Waals surface area contributed by atoms with Crippen molar-refractivity contribution in [3.05, 3.63) is 52.7 Å². The minimum Gasteiger partial charge on any atom is -0.489 e.